The molecule has 4 nitrogen and oxygen atoms in total. The van der Waals surface area contributed by atoms with Crippen molar-refractivity contribution in [3.63, 3.8) is 0 Å². The number of hydrogen-bond donors (Lipinski definition) is 1. The molecule has 0 aliphatic heterocycles. The molecule has 0 bridgehead atoms. The second-order valence-corrected chi connectivity index (χ2v) is 4.71. The van der Waals surface area contributed by atoms with E-state index in [4.69, 9.17) is 0 Å². The minimum Gasteiger partial charge on any atom is -0.345 e. The van der Waals surface area contributed by atoms with Gasteiger partial charge in [0.25, 0.3) is 0 Å². The molecular formula is C14H24N2O2. The highest BCUT2D eigenvalue weighted by molar-refractivity contribution is 5.87. The molecule has 0 saturated heterocycles. The van der Waals surface area contributed by atoms with Gasteiger partial charge in [-0.25, -0.2) is 0 Å². The summed E-state index contributed by atoms with van der Waals surface area (Å²) in [6.45, 7) is 13.8. The molecule has 0 aromatic heterocycles. The van der Waals surface area contributed by atoms with Crippen molar-refractivity contribution >= 4 is 11.8 Å². The zero-order valence-corrected chi connectivity index (χ0v) is 11.6. The third kappa shape index (κ3) is 6.23. The maximum Gasteiger partial charge on any atom is 0.245 e. The van der Waals surface area contributed by atoms with Crippen LogP contribution in [0.25, 0.3) is 0 Å². The molecule has 1 unspecified atom stereocenters. The predicted molar refractivity (Wildman–Crippen MR) is 74.0 cm³/mol. The van der Waals surface area contributed by atoms with Gasteiger partial charge in [0.1, 0.15) is 6.04 Å². The number of nitrogens with one attached hydrogen (secondary N) is 1. The van der Waals surface area contributed by atoms with Gasteiger partial charge in [0.15, 0.2) is 0 Å². The maximum absolute atomic E-state index is 12.1. The summed E-state index contributed by atoms with van der Waals surface area (Å²) in [7, 11) is 0. The van der Waals surface area contributed by atoms with E-state index in [1.165, 1.54) is 0 Å². The van der Waals surface area contributed by atoms with Crippen LogP contribution < -0.4 is 5.32 Å². The first-order valence-electron chi connectivity index (χ1n) is 6.22. The average molecular weight is 252 g/mol. The number of carbonyl (C=O) groups is 2. The topological polar surface area (TPSA) is 49.4 Å². The van der Waals surface area contributed by atoms with Crippen LogP contribution in [0.5, 0.6) is 0 Å². The average Bonchev–Trinajstić information content (AvgIpc) is 2.26. The van der Waals surface area contributed by atoms with Crippen molar-refractivity contribution in [1.82, 2.24) is 10.2 Å². The van der Waals surface area contributed by atoms with Gasteiger partial charge in [-0.1, -0.05) is 26.0 Å². The highest BCUT2D eigenvalue weighted by atomic mass is 16.2. The number of nitrogens with zero attached hydrogens (tertiary/aromatic N) is 1. The lowest BCUT2D eigenvalue weighted by Crippen LogP contribution is -2.47. The fourth-order valence-corrected chi connectivity index (χ4v) is 1.57. The van der Waals surface area contributed by atoms with Crippen molar-refractivity contribution in [2.75, 3.05) is 13.1 Å². The van der Waals surface area contributed by atoms with E-state index < -0.39 is 6.04 Å². The lowest BCUT2D eigenvalue weighted by molar-refractivity contribution is -0.135. The van der Waals surface area contributed by atoms with Crippen molar-refractivity contribution in [1.29, 1.82) is 0 Å². The Hall–Kier alpha value is -1.58. The van der Waals surface area contributed by atoms with Gasteiger partial charge in [-0.2, -0.15) is 0 Å². The molecule has 0 aromatic carbocycles. The predicted octanol–water partition coefficient (Wildman–Crippen LogP) is 1.74. The fraction of sp³-hybridized carbons (Fsp3) is 0.571. The first-order valence-corrected chi connectivity index (χ1v) is 6.22. The van der Waals surface area contributed by atoms with Crippen LogP contribution >= 0.6 is 0 Å². The van der Waals surface area contributed by atoms with Crippen LogP contribution in [0.2, 0.25) is 0 Å². The van der Waals surface area contributed by atoms with Crippen molar-refractivity contribution in [3.8, 4) is 0 Å². The standard InChI is InChI=1S/C14H24N2O2/c1-6-8-16(9-7-2)14(18)12(5)15-13(17)10-11(3)4/h6-7,11-12H,1-2,8-10H2,3-5H3,(H,15,17). The SMILES string of the molecule is C=CCN(CC=C)C(=O)C(C)NC(=O)CC(C)C. The van der Waals surface area contributed by atoms with Gasteiger partial charge in [-0.3, -0.25) is 9.59 Å². The number of rotatable bonds is 8. The lowest BCUT2D eigenvalue weighted by atomic mass is 10.1. The van der Waals surface area contributed by atoms with Gasteiger partial charge in [-0.05, 0) is 12.8 Å². The summed E-state index contributed by atoms with van der Waals surface area (Å²) < 4.78 is 0. The molecule has 0 saturated carbocycles. The van der Waals surface area contributed by atoms with Gasteiger partial charge in [0.05, 0.1) is 0 Å². The molecule has 0 aliphatic carbocycles. The molecule has 0 aromatic rings. The van der Waals surface area contributed by atoms with Crippen LogP contribution in [-0.4, -0.2) is 35.8 Å². The highest BCUT2D eigenvalue weighted by Crippen LogP contribution is 2.01. The smallest absolute Gasteiger partial charge is 0.245 e. The Morgan fingerprint density at radius 2 is 1.67 bits per heavy atom. The van der Waals surface area contributed by atoms with Gasteiger partial charge < -0.3 is 10.2 Å². The Balaban J connectivity index is 4.41. The van der Waals surface area contributed by atoms with Crippen LogP contribution in [0.15, 0.2) is 25.3 Å². The first-order chi connectivity index (χ1) is 8.42. The van der Waals surface area contributed by atoms with E-state index in [1.807, 2.05) is 13.8 Å². The summed E-state index contributed by atoms with van der Waals surface area (Å²) in [5, 5.41) is 2.71. The quantitative estimate of drug-likeness (QED) is 0.669. The van der Waals surface area contributed by atoms with E-state index in [9.17, 15) is 9.59 Å². The summed E-state index contributed by atoms with van der Waals surface area (Å²) in [6.07, 6.45) is 3.74. The van der Waals surface area contributed by atoms with E-state index in [2.05, 4.69) is 18.5 Å². The monoisotopic (exact) mass is 252 g/mol. The molecule has 4 heteroatoms. The van der Waals surface area contributed by atoms with Crippen LogP contribution in [0.3, 0.4) is 0 Å². The highest BCUT2D eigenvalue weighted by Gasteiger charge is 2.20. The van der Waals surface area contributed by atoms with Crippen LogP contribution in [0.1, 0.15) is 27.2 Å². The van der Waals surface area contributed by atoms with Gasteiger partial charge >= 0.3 is 0 Å². The van der Waals surface area contributed by atoms with Crippen molar-refractivity contribution in [2.24, 2.45) is 5.92 Å². The van der Waals surface area contributed by atoms with E-state index >= 15 is 0 Å². The van der Waals surface area contributed by atoms with Crippen LogP contribution in [0, 0.1) is 5.92 Å². The number of amides is 2. The first kappa shape index (κ1) is 16.4. The Morgan fingerprint density at radius 3 is 2.06 bits per heavy atom. The van der Waals surface area contributed by atoms with Gasteiger partial charge in [0, 0.05) is 19.5 Å². The number of hydrogen-bond acceptors (Lipinski definition) is 2. The third-order valence-corrected chi connectivity index (χ3v) is 2.35. The Morgan fingerprint density at radius 1 is 1.17 bits per heavy atom. The molecule has 2 amide bonds. The normalized spacial score (nSPS) is 11.8. The minimum atomic E-state index is -0.517. The molecule has 0 fully saturated rings. The second-order valence-electron chi connectivity index (χ2n) is 4.71. The maximum atomic E-state index is 12.1. The largest absolute Gasteiger partial charge is 0.345 e. The van der Waals surface area contributed by atoms with E-state index in [0.717, 1.165) is 0 Å². The Kier molecular flexibility index (Phi) is 7.76. The summed E-state index contributed by atoms with van der Waals surface area (Å²) in [6, 6.07) is -0.517. The minimum absolute atomic E-state index is 0.0944. The molecule has 1 atom stereocenters. The Labute approximate surface area is 110 Å². The molecule has 18 heavy (non-hydrogen) atoms. The summed E-state index contributed by atoms with van der Waals surface area (Å²) in [5.41, 5.74) is 0. The van der Waals surface area contributed by atoms with Gasteiger partial charge in [-0.15, -0.1) is 13.2 Å². The van der Waals surface area contributed by atoms with Crippen LogP contribution in [-0.2, 0) is 9.59 Å². The zero-order chi connectivity index (χ0) is 14.1. The van der Waals surface area contributed by atoms with E-state index in [0.29, 0.717) is 19.5 Å². The van der Waals surface area contributed by atoms with Crippen molar-refractivity contribution in [3.05, 3.63) is 25.3 Å². The molecule has 0 rings (SSSR count). The Bertz CT molecular complexity index is 301. The molecule has 0 radical (unpaired) electrons. The second kappa shape index (κ2) is 8.50. The van der Waals surface area contributed by atoms with Crippen LogP contribution in [0.4, 0.5) is 0 Å². The van der Waals surface area contributed by atoms with Crippen molar-refractivity contribution < 1.29 is 9.59 Å². The summed E-state index contributed by atoms with van der Waals surface area (Å²) >= 11 is 0. The lowest BCUT2D eigenvalue weighted by Gasteiger charge is -2.24. The molecular weight excluding hydrogens is 228 g/mol. The fourth-order valence-electron chi connectivity index (χ4n) is 1.57. The zero-order valence-electron chi connectivity index (χ0n) is 11.6. The molecule has 0 heterocycles. The number of carbonyl (C=O) groups excluding carboxylic acids is 2. The van der Waals surface area contributed by atoms with E-state index in [1.54, 1.807) is 24.0 Å². The molecule has 0 spiro atoms. The van der Waals surface area contributed by atoms with Gasteiger partial charge in [0.2, 0.25) is 11.8 Å². The third-order valence-electron chi connectivity index (χ3n) is 2.35. The van der Waals surface area contributed by atoms with Crippen molar-refractivity contribution in [2.45, 2.75) is 33.2 Å². The molecule has 1 N–H and O–H groups in total. The summed E-state index contributed by atoms with van der Waals surface area (Å²) in [4.78, 5) is 25.2. The summed E-state index contributed by atoms with van der Waals surface area (Å²) in [5.74, 6) is 0.0691. The molecule has 0 aliphatic rings. The molecule has 102 valence electrons. The van der Waals surface area contributed by atoms with E-state index in [-0.39, 0.29) is 17.7 Å².